The van der Waals surface area contributed by atoms with Gasteiger partial charge in [0.2, 0.25) is 0 Å². The van der Waals surface area contributed by atoms with Crippen molar-refractivity contribution >= 4 is 19.8 Å². The van der Waals surface area contributed by atoms with Crippen molar-refractivity contribution in [2.24, 2.45) is 0 Å². The highest BCUT2D eigenvalue weighted by molar-refractivity contribution is 7.47. The van der Waals surface area contributed by atoms with Crippen LogP contribution in [-0.4, -0.2) is 65.7 Å². The van der Waals surface area contributed by atoms with Crippen molar-refractivity contribution in [2.75, 3.05) is 26.4 Å². The van der Waals surface area contributed by atoms with E-state index in [-0.39, 0.29) is 19.4 Å². The summed E-state index contributed by atoms with van der Waals surface area (Å²) < 4.78 is 32.6. The molecule has 10 nitrogen and oxygen atoms in total. The van der Waals surface area contributed by atoms with Crippen LogP contribution in [0.5, 0.6) is 0 Å². The number of unbranched alkanes of at least 4 members (excludes halogenated alkanes) is 21. The largest absolute Gasteiger partial charge is 0.472 e. The van der Waals surface area contributed by atoms with Gasteiger partial charge in [0.05, 0.1) is 19.8 Å². The highest BCUT2D eigenvalue weighted by Gasteiger charge is 2.27. The fraction of sp³-hybridized carbons (Fsp3) is 0.854. The van der Waals surface area contributed by atoms with Gasteiger partial charge in [0, 0.05) is 12.8 Å². The average Bonchev–Trinajstić information content (AvgIpc) is 3.13. The second-order valence-corrected chi connectivity index (χ2v) is 15.5. The number of aliphatic hydroxyl groups is 2. The van der Waals surface area contributed by atoms with Crippen LogP contribution in [-0.2, 0) is 32.7 Å². The second-order valence-electron chi connectivity index (χ2n) is 14.0. The first kappa shape index (κ1) is 50.5. The lowest BCUT2D eigenvalue weighted by molar-refractivity contribution is -0.161. The van der Waals surface area contributed by atoms with Crippen LogP contribution in [0.4, 0.5) is 0 Å². The van der Waals surface area contributed by atoms with Gasteiger partial charge >= 0.3 is 19.8 Å². The average molecular weight is 761 g/mol. The van der Waals surface area contributed by atoms with Gasteiger partial charge in [0.15, 0.2) is 6.10 Å². The van der Waals surface area contributed by atoms with Crippen LogP contribution in [0.25, 0.3) is 0 Å². The van der Waals surface area contributed by atoms with Gasteiger partial charge in [-0.3, -0.25) is 18.6 Å². The van der Waals surface area contributed by atoms with Crippen LogP contribution in [0, 0.1) is 0 Å². The minimum atomic E-state index is -4.62. The van der Waals surface area contributed by atoms with Crippen LogP contribution in [0.3, 0.4) is 0 Å². The summed E-state index contributed by atoms with van der Waals surface area (Å²) in [5.41, 5.74) is 0. The van der Waals surface area contributed by atoms with Crippen molar-refractivity contribution in [1.29, 1.82) is 0 Å². The number of hydrogen-bond acceptors (Lipinski definition) is 9. The summed E-state index contributed by atoms with van der Waals surface area (Å²) in [4.78, 5) is 34.9. The first-order valence-corrected chi connectivity index (χ1v) is 22.3. The molecule has 0 spiro atoms. The molecule has 52 heavy (non-hydrogen) atoms. The van der Waals surface area contributed by atoms with Crippen LogP contribution < -0.4 is 0 Å². The Labute approximate surface area is 317 Å². The van der Waals surface area contributed by atoms with Crippen LogP contribution in [0.2, 0.25) is 0 Å². The Hall–Kier alpha value is -1.55. The van der Waals surface area contributed by atoms with E-state index in [1.807, 2.05) is 6.08 Å². The van der Waals surface area contributed by atoms with E-state index >= 15 is 0 Å². The molecule has 0 radical (unpaired) electrons. The fourth-order valence-electron chi connectivity index (χ4n) is 5.59. The molecule has 306 valence electrons. The standard InChI is InChI=1S/C41H77O10P/c1-3-5-7-9-11-13-15-17-19-21-23-25-27-29-31-33-41(45)51-39(37-50-52(46,47)49-35-38(43)34-42)36-48-40(44)32-30-28-26-24-22-20-18-16-14-12-10-8-6-4-2/h16,18,27,29,38-39,42-43H,3-15,17,19-26,28,30-37H2,1-2H3,(H,46,47)/b18-16+,29-27+/t38-,39+/m0/s1. The Kier molecular flexibility index (Phi) is 36.6. The van der Waals surface area contributed by atoms with E-state index in [1.165, 1.54) is 96.3 Å². The minimum Gasteiger partial charge on any atom is -0.462 e. The van der Waals surface area contributed by atoms with Crippen molar-refractivity contribution in [2.45, 2.75) is 199 Å². The van der Waals surface area contributed by atoms with Crippen molar-refractivity contribution in [1.82, 2.24) is 0 Å². The monoisotopic (exact) mass is 761 g/mol. The zero-order valence-electron chi connectivity index (χ0n) is 33.0. The number of rotatable bonds is 39. The van der Waals surface area contributed by atoms with Crippen LogP contribution >= 0.6 is 7.82 Å². The van der Waals surface area contributed by atoms with Crippen molar-refractivity contribution < 1.29 is 47.8 Å². The number of ether oxygens (including phenoxy) is 2. The molecular formula is C41H77O10P. The van der Waals surface area contributed by atoms with E-state index in [1.54, 1.807) is 0 Å². The molecule has 0 fully saturated rings. The topological polar surface area (TPSA) is 149 Å². The highest BCUT2D eigenvalue weighted by Crippen LogP contribution is 2.43. The molecule has 0 aliphatic rings. The number of hydrogen-bond donors (Lipinski definition) is 3. The van der Waals surface area contributed by atoms with Gasteiger partial charge < -0.3 is 24.6 Å². The summed E-state index contributed by atoms with van der Waals surface area (Å²) in [6.45, 7) is 2.32. The molecule has 0 aliphatic carbocycles. The van der Waals surface area contributed by atoms with E-state index in [9.17, 15) is 24.2 Å². The summed E-state index contributed by atoms with van der Waals surface area (Å²) in [6.07, 6.45) is 35.8. The molecule has 0 aliphatic heterocycles. The van der Waals surface area contributed by atoms with Gasteiger partial charge in [-0.1, -0.05) is 147 Å². The molecule has 0 bridgehead atoms. The number of carbonyl (C=O) groups excluding carboxylic acids is 2. The third kappa shape index (κ3) is 36.8. The number of aliphatic hydroxyl groups excluding tert-OH is 2. The minimum absolute atomic E-state index is 0.101. The maximum absolute atomic E-state index is 12.5. The zero-order valence-corrected chi connectivity index (χ0v) is 33.9. The third-order valence-electron chi connectivity index (χ3n) is 8.84. The Bertz CT molecular complexity index is 925. The van der Waals surface area contributed by atoms with Gasteiger partial charge in [0.1, 0.15) is 12.7 Å². The van der Waals surface area contributed by atoms with Crippen molar-refractivity contribution in [3.8, 4) is 0 Å². The van der Waals surface area contributed by atoms with E-state index in [0.29, 0.717) is 12.8 Å². The van der Waals surface area contributed by atoms with E-state index in [4.69, 9.17) is 19.1 Å². The molecule has 3 N–H and O–H groups in total. The predicted molar refractivity (Wildman–Crippen MR) is 210 cm³/mol. The highest BCUT2D eigenvalue weighted by atomic mass is 31.2. The van der Waals surface area contributed by atoms with Crippen molar-refractivity contribution in [3.63, 3.8) is 0 Å². The summed E-state index contributed by atoms with van der Waals surface area (Å²) >= 11 is 0. The number of carbonyl (C=O) groups is 2. The first-order chi connectivity index (χ1) is 25.2. The molecule has 0 saturated heterocycles. The Balaban J connectivity index is 4.37. The smallest absolute Gasteiger partial charge is 0.462 e. The first-order valence-electron chi connectivity index (χ1n) is 20.8. The summed E-state index contributed by atoms with van der Waals surface area (Å²) in [5.74, 6) is -0.988. The Morgan fingerprint density at radius 2 is 0.981 bits per heavy atom. The fourth-order valence-corrected chi connectivity index (χ4v) is 6.38. The number of phosphoric ester groups is 1. The molecule has 0 rings (SSSR count). The predicted octanol–water partition coefficient (Wildman–Crippen LogP) is 10.6. The number of phosphoric acid groups is 1. The molecular weight excluding hydrogens is 683 g/mol. The van der Waals surface area contributed by atoms with Gasteiger partial charge in [-0.05, 0) is 51.4 Å². The molecule has 11 heteroatoms. The SMILES string of the molecule is CCCCCCC/C=C/CCCCCCCC(=O)OC[C@H](COP(=O)(O)OC[C@@H](O)CO)OC(=O)CC/C=C/CCCCCCCCCCCCC. The molecule has 0 heterocycles. The van der Waals surface area contributed by atoms with E-state index in [2.05, 4.69) is 36.6 Å². The van der Waals surface area contributed by atoms with E-state index in [0.717, 1.165) is 51.4 Å². The Morgan fingerprint density at radius 3 is 1.46 bits per heavy atom. The quantitative estimate of drug-likeness (QED) is 0.0239. The lowest BCUT2D eigenvalue weighted by Gasteiger charge is -2.20. The van der Waals surface area contributed by atoms with E-state index < -0.39 is 51.8 Å². The molecule has 0 aromatic rings. The maximum atomic E-state index is 12.5. The van der Waals surface area contributed by atoms with Crippen LogP contribution in [0.1, 0.15) is 187 Å². The number of esters is 2. The van der Waals surface area contributed by atoms with Gasteiger partial charge in [0.25, 0.3) is 0 Å². The van der Waals surface area contributed by atoms with Gasteiger partial charge in [-0.2, -0.15) is 0 Å². The molecule has 3 atom stereocenters. The zero-order chi connectivity index (χ0) is 38.4. The van der Waals surface area contributed by atoms with Gasteiger partial charge in [-0.15, -0.1) is 0 Å². The molecule has 0 saturated carbocycles. The Morgan fingerprint density at radius 1 is 0.558 bits per heavy atom. The lowest BCUT2D eigenvalue weighted by atomic mass is 10.1. The molecule has 0 amide bonds. The molecule has 0 aromatic heterocycles. The maximum Gasteiger partial charge on any atom is 0.472 e. The molecule has 1 unspecified atom stereocenters. The summed E-state index contributed by atoms with van der Waals surface area (Å²) in [6, 6.07) is 0. The third-order valence-corrected chi connectivity index (χ3v) is 9.79. The van der Waals surface area contributed by atoms with Gasteiger partial charge in [-0.25, -0.2) is 4.57 Å². The summed E-state index contributed by atoms with van der Waals surface area (Å²) in [5, 5.41) is 18.3. The number of allylic oxidation sites excluding steroid dienone is 4. The van der Waals surface area contributed by atoms with Crippen LogP contribution in [0.15, 0.2) is 24.3 Å². The normalized spacial score (nSPS) is 14.2. The lowest BCUT2D eigenvalue weighted by Crippen LogP contribution is -2.29. The second kappa shape index (κ2) is 37.8. The summed E-state index contributed by atoms with van der Waals surface area (Å²) in [7, 11) is -4.62. The van der Waals surface area contributed by atoms with Crippen molar-refractivity contribution in [3.05, 3.63) is 24.3 Å². The molecule has 0 aromatic carbocycles.